The van der Waals surface area contributed by atoms with Gasteiger partial charge in [-0.1, -0.05) is 17.7 Å². The Bertz CT molecular complexity index is 980. The Kier molecular flexibility index (Phi) is 2.98. The van der Waals surface area contributed by atoms with Crippen LogP contribution in [-0.4, -0.2) is 17.4 Å². The van der Waals surface area contributed by atoms with Crippen LogP contribution in [0, 0.1) is 13.8 Å². The fourth-order valence-corrected chi connectivity index (χ4v) is 3.70. The van der Waals surface area contributed by atoms with Crippen molar-refractivity contribution in [1.82, 2.24) is 8.96 Å². The van der Waals surface area contributed by atoms with Crippen molar-refractivity contribution < 1.29 is 8.42 Å². The minimum absolute atomic E-state index is 0.219. The second-order valence-corrected chi connectivity index (χ2v) is 6.82. The highest BCUT2D eigenvalue weighted by molar-refractivity contribution is 7.90. The van der Waals surface area contributed by atoms with Crippen LogP contribution in [0.25, 0.3) is 11.0 Å². The number of aryl methyl sites for hydroxylation is 2. The predicted octanol–water partition coefficient (Wildman–Crippen LogP) is 2.18. The molecule has 6 heteroatoms. The molecule has 0 radical (unpaired) electrons. The number of fused-ring (bicyclic) bond motifs is 1. The van der Waals surface area contributed by atoms with E-state index >= 15 is 0 Å². The van der Waals surface area contributed by atoms with E-state index in [9.17, 15) is 13.2 Å². The van der Waals surface area contributed by atoms with E-state index in [0.29, 0.717) is 16.6 Å². The van der Waals surface area contributed by atoms with Crippen molar-refractivity contribution in [2.24, 2.45) is 0 Å². The zero-order valence-corrected chi connectivity index (χ0v) is 12.4. The predicted molar refractivity (Wildman–Crippen MR) is 81.1 cm³/mol. The molecular formula is C15H14N2O3S. The van der Waals surface area contributed by atoms with Crippen molar-refractivity contribution in [3.05, 3.63) is 64.1 Å². The lowest BCUT2D eigenvalue weighted by atomic mass is 10.2. The highest BCUT2D eigenvalue weighted by atomic mass is 32.2. The van der Waals surface area contributed by atoms with Gasteiger partial charge in [0.25, 0.3) is 10.0 Å². The van der Waals surface area contributed by atoms with E-state index in [1.807, 2.05) is 6.92 Å². The summed E-state index contributed by atoms with van der Waals surface area (Å²) < 4.78 is 26.7. The average molecular weight is 302 g/mol. The molecule has 0 bridgehead atoms. The summed E-state index contributed by atoms with van der Waals surface area (Å²) in [6.45, 7) is 3.66. The Morgan fingerprint density at radius 1 is 1.00 bits per heavy atom. The third-order valence-corrected chi connectivity index (χ3v) is 5.11. The lowest BCUT2D eigenvalue weighted by molar-refractivity contribution is 0.589. The first-order chi connectivity index (χ1) is 9.89. The Labute approximate surface area is 121 Å². The van der Waals surface area contributed by atoms with Gasteiger partial charge in [-0.05, 0) is 37.6 Å². The lowest BCUT2D eigenvalue weighted by Crippen LogP contribution is -2.12. The standard InChI is InChI=1S/C15H14N2O3S/c1-10-3-5-12(6-4-10)21(19,20)17-9-11(2)15-13(17)7-8-14(18)16-15/h3-9H,1-2H3,(H,16,18). The number of benzene rings is 1. The molecule has 0 unspecified atom stereocenters. The van der Waals surface area contributed by atoms with E-state index in [1.165, 1.54) is 22.3 Å². The maximum atomic E-state index is 12.7. The Morgan fingerprint density at radius 3 is 2.33 bits per heavy atom. The van der Waals surface area contributed by atoms with Crippen molar-refractivity contribution in [3.8, 4) is 0 Å². The van der Waals surface area contributed by atoms with Crippen LogP contribution in [0.4, 0.5) is 0 Å². The molecule has 0 aliphatic carbocycles. The van der Waals surface area contributed by atoms with Crippen LogP contribution < -0.4 is 5.56 Å². The molecular weight excluding hydrogens is 288 g/mol. The molecule has 2 heterocycles. The quantitative estimate of drug-likeness (QED) is 0.788. The van der Waals surface area contributed by atoms with Crippen molar-refractivity contribution in [2.45, 2.75) is 18.7 Å². The van der Waals surface area contributed by atoms with Gasteiger partial charge >= 0.3 is 0 Å². The second kappa shape index (κ2) is 4.60. The maximum Gasteiger partial charge on any atom is 0.268 e. The fraction of sp³-hybridized carbons (Fsp3) is 0.133. The molecule has 1 aromatic carbocycles. The zero-order chi connectivity index (χ0) is 15.2. The van der Waals surface area contributed by atoms with Gasteiger partial charge in [0.05, 0.1) is 15.9 Å². The van der Waals surface area contributed by atoms with Crippen molar-refractivity contribution >= 4 is 21.1 Å². The largest absolute Gasteiger partial charge is 0.320 e. The summed E-state index contributed by atoms with van der Waals surface area (Å²) >= 11 is 0. The van der Waals surface area contributed by atoms with Crippen LogP contribution in [0.15, 0.2) is 52.3 Å². The molecule has 1 N–H and O–H groups in total. The van der Waals surface area contributed by atoms with Gasteiger partial charge in [-0.2, -0.15) is 0 Å². The molecule has 3 aromatic rings. The van der Waals surface area contributed by atoms with E-state index < -0.39 is 10.0 Å². The number of pyridine rings is 1. The maximum absolute atomic E-state index is 12.7. The summed E-state index contributed by atoms with van der Waals surface area (Å²) in [5.41, 5.74) is 2.45. The van der Waals surface area contributed by atoms with Crippen LogP contribution in [0.3, 0.4) is 0 Å². The molecule has 0 saturated carbocycles. The summed E-state index contributed by atoms with van der Waals surface area (Å²) in [6.07, 6.45) is 1.52. The summed E-state index contributed by atoms with van der Waals surface area (Å²) in [5, 5.41) is 0. The Morgan fingerprint density at radius 2 is 1.67 bits per heavy atom. The van der Waals surface area contributed by atoms with E-state index in [-0.39, 0.29) is 10.5 Å². The molecule has 0 saturated heterocycles. The van der Waals surface area contributed by atoms with Gasteiger partial charge < -0.3 is 4.98 Å². The zero-order valence-electron chi connectivity index (χ0n) is 11.6. The molecule has 108 valence electrons. The molecule has 2 aromatic heterocycles. The van der Waals surface area contributed by atoms with Crippen molar-refractivity contribution in [1.29, 1.82) is 0 Å². The minimum Gasteiger partial charge on any atom is -0.320 e. The molecule has 3 rings (SSSR count). The topological polar surface area (TPSA) is 71.9 Å². The van der Waals surface area contributed by atoms with Gasteiger partial charge in [0.2, 0.25) is 5.56 Å². The van der Waals surface area contributed by atoms with Crippen LogP contribution in [0.2, 0.25) is 0 Å². The summed E-state index contributed by atoms with van der Waals surface area (Å²) in [5.74, 6) is 0. The Balaban J connectivity index is 2.29. The SMILES string of the molecule is Cc1ccc(S(=O)(=O)n2cc(C)c3[nH]c(=O)ccc32)cc1. The monoisotopic (exact) mass is 302 g/mol. The first-order valence-corrected chi connectivity index (χ1v) is 7.87. The third kappa shape index (κ3) is 2.17. The highest BCUT2D eigenvalue weighted by Crippen LogP contribution is 2.23. The number of hydrogen-bond donors (Lipinski definition) is 1. The highest BCUT2D eigenvalue weighted by Gasteiger charge is 2.20. The second-order valence-electron chi connectivity index (χ2n) is 5.01. The van der Waals surface area contributed by atoms with Gasteiger partial charge in [-0.25, -0.2) is 12.4 Å². The molecule has 0 aliphatic rings. The summed E-state index contributed by atoms with van der Waals surface area (Å²) in [6, 6.07) is 9.52. The summed E-state index contributed by atoms with van der Waals surface area (Å²) in [7, 11) is -3.68. The first-order valence-electron chi connectivity index (χ1n) is 6.43. The van der Waals surface area contributed by atoms with Crippen molar-refractivity contribution in [3.63, 3.8) is 0 Å². The number of rotatable bonds is 2. The molecule has 21 heavy (non-hydrogen) atoms. The van der Waals surface area contributed by atoms with Crippen LogP contribution in [0.1, 0.15) is 11.1 Å². The fourth-order valence-electron chi connectivity index (χ4n) is 2.28. The van der Waals surface area contributed by atoms with E-state index in [1.54, 1.807) is 31.2 Å². The van der Waals surface area contributed by atoms with Crippen LogP contribution in [-0.2, 0) is 10.0 Å². The lowest BCUT2D eigenvalue weighted by Gasteiger charge is -2.07. The number of aromatic nitrogens is 2. The average Bonchev–Trinajstić information content (AvgIpc) is 2.77. The normalized spacial score (nSPS) is 11.9. The molecule has 0 fully saturated rings. The van der Waals surface area contributed by atoms with E-state index in [2.05, 4.69) is 4.98 Å². The van der Waals surface area contributed by atoms with Gasteiger partial charge in [0, 0.05) is 12.3 Å². The molecule has 0 atom stereocenters. The number of aromatic amines is 1. The smallest absolute Gasteiger partial charge is 0.268 e. The van der Waals surface area contributed by atoms with E-state index in [4.69, 9.17) is 0 Å². The van der Waals surface area contributed by atoms with Gasteiger partial charge in [-0.3, -0.25) is 4.79 Å². The molecule has 0 amide bonds. The Hall–Kier alpha value is -2.34. The minimum atomic E-state index is -3.68. The third-order valence-electron chi connectivity index (χ3n) is 3.42. The number of hydrogen-bond acceptors (Lipinski definition) is 3. The van der Waals surface area contributed by atoms with E-state index in [0.717, 1.165) is 5.56 Å². The van der Waals surface area contributed by atoms with Crippen LogP contribution >= 0.6 is 0 Å². The molecule has 5 nitrogen and oxygen atoms in total. The molecule has 0 aliphatic heterocycles. The molecule has 0 spiro atoms. The van der Waals surface area contributed by atoms with Gasteiger partial charge in [0.1, 0.15) is 0 Å². The van der Waals surface area contributed by atoms with Crippen LogP contribution in [0.5, 0.6) is 0 Å². The number of H-pyrrole nitrogens is 1. The number of nitrogens with one attached hydrogen (secondary N) is 1. The van der Waals surface area contributed by atoms with Gasteiger partial charge in [-0.15, -0.1) is 0 Å². The van der Waals surface area contributed by atoms with Crippen molar-refractivity contribution in [2.75, 3.05) is 0 Å². The summed E-state index contributed by atoms with van der Waals surface area (Å²) in [4.78, 5) is 14.3. The number of nitrogens with zero attached hydrogens (tertiary/aromatic N) is 1. The van der Waals surface area contributed by atoms with Gasteiger partial charge in [0.15, 0.2) is 0 Å². The first kappa shape index (κ1) is 13.6.